The molecule has 2 rings (SSSR count). The lowest BCUT2D eigenvalue weighted by Gasteiger charge is -2.31. The van der Waals surface area contributed by atoms with Crippen LogP contribution in [0.1, 0.15) is 5.56 Å². The molecule has 1 saturated heterocycles. The van der Waals surface area contributed by atoms with Crippen molar-refractivity contribution in [3.05, 3.63) is 23.8 Å². The standard InChI is InChI=1S/C17H22N2O5/c1-22-14-10-13(11-15(23-2)17(14)24-3)4-5-16(21)19-8-6-18(12-20)7-9-19/h4-5,10-12H,6-9H2,1-3H3. The lowest BCUT2D eigenvalue weighted by Crippen LogP contribution is -2.47. The number of carbonyl (C=O) groups is 2. The fraction of sp³-hybridized carbons (Fsp3) is 0.412. The monoisotopic (exact) mass is 334 g/mol. The van der Waals surface area contributed by atoms with Gasteiger partial charge in [-0.1, -0.05) is 0 Å². The van der Waals surface area contributed by atoms with Crippen LogP contribution in [0.25, 0.3) is 6.08 Å². The Hall–Kier alpha value is -2.70. The minimum absolute atomic E-state index is 0.0886. The van der Waals surface area contributed by atoms with Crippen LogP contribution in [0.3, 0.4) is 0 Å². The molecule has 1 heterocycles. The third-order valence-electron chi connectivity index (χ3n) is 3.88. The second kappa shape index (κ2) is 8.24. The van der Waals surface area contributed by atoms with Crippen LogP contribution in [-0.2, 0) is 9.59 Å². The lowest BCUT2D eigenvalue weighted by molar-refractivity contribution is -0.130. The molecular formula is C17H22N2O5. The molecule has 0 saturated carbocycles. The molecule has 0 radical (unpaired) electrons. The summed E-state index contributed by atoms with van der Waals surface area (Å²) in [5.41, 5.74) is 0.768. The average Bonchev–Trinajstić information content (AvgIpc) is 2.65. The summed E-state index contributed by atoms with van der Waals surface area (Å²) in [6.45, 7) is 2.20. The van der Waals surface area contributed by atoms with Crippen LogP contribution in [-0.4, -0.2) is 69.6 Å². The Kier molecular flexibility index (Phi) is 6.06. The van der Waals surface area contributed by atoms with Gasteiger partial charge in [0, 0.05) is 32.3 Å². The Balaban J connectivity index is 2.11. The Morgan fingerprint density at radius 1 is 1.00 bits per heavy atom. The van der Waals surface area contributed by atoms with Gasteiger partial charge in [0.15, 0.2) is 11.5 Å². The first-order valence-electron chi connectivity index (χ1n) is 7.59. The number of hydrogen-bond acceptors (Lipinski definition) is 5. The van der Waals surface area contributed by atoms with E-state index in [-0.39, 0.29) is 5.91 Å². The lowest BCUT2D eigenvalue weighted by atomic mass is 10.1. The smallest absolute Gasteiger partial charge is 0.246 e. The zero-order chi connectivity index (χ0) is 17.5. The van der Waals surface area contributed by atoms with Crippen molar-refractivity contribution >= 4 is 18.4 Å². The van der Waals surface area contributed by atoms with Gasteiger partial charge in [0.2, 0.25) is 18.1 Å². The van der Waals surface area contributed by atoms with Gasteiger partial charge in [0.1, 0.15) is 0 Å². The molecule has 7 heteroatoms. The summed E-state index contributed by atoms with van der Waals surface area (Å²) in [4.78, 5) is 26.3. The van der Waals surface area contributed by atoms with Crippen molar-refractivity contribution in [2.45, 2.75) is 0 Å². The molecule has 0 atom stereocenters. The van der Waals surface area contributed by atoms with Crippen molar-refractivity contribution < 1.29 is 23.8 Å². The first-order valence-corrected chi connectivity index (χ1v) is 7.59. The van der Waals surface area contributed by atoms with E-state index in [1.165, 1.54) is 6.08 Å². The number of carbonyl (C=O) groups excluding carboxylic acids is 2. The first kappa shape index (κ1) is 17.7. The number of hydrogen-bond donors (Lipinski definition) is 0. The number of amides is 2. The van der Waals surface area contributed by atoms with Crippen LogP contribution in [0.5, 0.6) is 17.2 Å². The molecule has 0 aliphatic carbocycles. The average molecular weight is 334 g/mol. The number of ether oxygens (including phenoxy) is 3. The largest absolute Gasteiger partial charge is 0.493 e. The third kappa shape index (κ3) is 3.98. The summed E-state index contributed by atoms with van der Waals surface area (Å²) in [7, 11) is 4.63. The maximum atomic E-state index is 12.2. The van der Waals surface area contributed by atoms with Gasteiger partial charge in [0.25, 0.3) is 0 Å². The maximum absolute atomic E-state index is 12.2. The van der Waals surface area contributed by atoms with Gasteiger partial charge in [-0.3, -0.25) is 9.59 Å². The van der Waals surface area contributed by atoms with Gasteiger partial charge >= 0.3 is 0 Å². The second-order valence-electron chi connectivity index (χ2n) is 5.26. The molecule has 7 nitrogen and oxygen atoms in total. The van der Waals surface area contributed by atoms with Gasteiger partial charge < -0.3 is 24.0 Å². The van der Waals surface area contributed by atoms with Crippen LogP contribution in [0.15, 0.2) is 18.2 Å². The van der Waals surface area contributed by atoms with Crippen LogP contribution >= 0.6 is 0 Å². The highest BCUT2D eigenvalue weighted by atomic mass is 16.5. The highest BCUT2D eigenvalue weighted by molar-refractivity contribution is 5.92. The molecule has 0 bridgehead atoms. The molecule has 1 aromatic rings. The molecular weight excluding hydrogens is 312 g/mol. The van der Waals surface area contributed by atoms with E-state index < -0.39 is 0 Å². The minimum Gasteiger partial charge on any atom is -0.493 e. The van der Waals surface area contributed by atoms with E-state index in [0.717, 1.165) is 12.0 Å². The highest BCUT2D eigenvalue weighted by Gasteiger charge is 2.18. The molecule has 1 aliphatic rings. The van der Waals surface area contributed by atoms with E-state index in [1.54, 1.807) is 49.3 Å². The highest BCUT2D eigenvalue weighted by Crippen LogP contribution is 2.38. The zero-order valence-corrected chi connectivity index (χ0v) is 14.2. The maximum Gasteiger partial charge on any atom is 0.246 e. The molecule has 0 spiro atoms. The quantitative estimate of drug-likeness (QED) is 0.574. The first-order chi connectivity index (χ1) is 11.6. The van der Waals surface area contributed by atoms with Crippen molar-refractivity contribution in [1.29, 1.82) is 0 Å². The van der Waals surface area contributed by atoms with Crippen molar-refractivity contribution in [1.82, 2.24) is 9.80 Å². The number of methoxy groups -OCH3 is 3. The van der Waals surface area contributed by atoms with Crippen molar-refractivity contribution in [2.75, 3.05) is 47.5 Å². The summed E-state index contributed by atoms with van der Waals surface area (Å²) >= 11 is 0. The van der Waals surface area contributed by atoms with Gasteiger partial charge in [-0.25, -0.2) is 0 Å². The molecule has 130 valence electrons. The number of piperazine rings is 1. The Morgan fingerprint density at radius 3 is 2.04 bits per heavy atom. The van der Waals surface area contributed by atoms with Gasteiger partial charge in [-0.2, -0.15) is 0 Å². The fourth-order valence-corrected chi connectivity index (χ4v) is 2.52. The molecule has 1 aromatic carbocycles. The molecule has 0 unspecified atom stereocenters. The van der Waals surface area contributed by atoms with E-state index in [9.17, 15) is 9.59 Å². The SMILES string of the molecule is COc1cc(C=CC(=O)N2CCN(C=O)CC2)cc(OC)c1OC. The predicted octanol–water partition coefficient (Wildman–Crippen LogP) is 1.03. The zero-order valence-electron chi connectivity index (χ0n) is 14.2. The number of benzene rings is 1. The Morgan fingerprint density at radius 2 is 1.58 bits per heavy atom. The topological polar surface area (TPSA) is 68.3 Å². The second-order valence-corrected chi connectivity index (χ2v) is 5.26. The summed E-state index contributed by atoms with van der Waals surface area (Å²) in [6.07, 6.45) is 4.03. The molecule has 0 aromatic heterocycles. The number of rotatable bonds is 6. The molecule has 1 aliphatic heterocycles. The summed E-state index contributed by atoms with van der Waals surface area (Å²) < 4.78 is 15.9. The summed E-state index contributed by atoms with van der Waals surface area (Å²) in [6, 6.07) is 3.55. The van der Waals surface area contributed by atoms with E-state index in [1.807, 2.05) is 0 Å². The molecule has 2 amide bonds. The van der Waals surface area contributed by atoms with E-state index in [2.05, 4.69) is 0 Å². The van der Waals surface area contributed by atoms with Gasteiger partial charge in [-0.15, -0.1) is 0 Å². The van der Waals surface area contributed by atoms with E-state index in [4.69, 9.17) is 14.2 Å². The van der Waals surface area contributed by atoms with Crippen molar-refractivity contribution in [3.8, 4) is 17.2 Å². The van der Waals surface area contributed by atoms with Crippen LogP contribution in [0, 0.1) is 0 Å². The Bertz CT molecular complexity index is 596. The van der Waals surface area contributed by atoms with Crippen LogP contribution < -0.4 is 14.2 Å². The molecule has 24 heavy (non-hydrogen) atoms. The number of nitrogens with zero attached hydrogens (tertiary/aromatic N) is 2. The van der Waals surface area contributed by atoms with Crippen molar-refractivity contribution in [3.63, 3.8) is 0 Å². The van der Waals surface area contributed by atoms with Gasteiger partial charge in [-0.05, 0) is 23.8 Å². The van der Waals surface area contributed by atoms with Gasteiger partial charge in [0.05, 0.1) is 21.3 Å². The van der Waals surface area contributed by atoms with E-state index >= 15 is 0 Å². The summed E-state index contributed by atoms with van der Waals surface area (Å²) in [5, 5.41) is 0. The fourth-order valence-electron chi connectivity index (χ4n) is 2.52. The van der Waals surface area contributed by atoms with Crippen LogP contribution in [0.4, 0.5) is 0 Å². The van der Waals surface area contributed by atoms with Crippen molar-refractivity contribution in [2.24, 2.45) is 0 Å². The molecule has 1 fully saturated rings. The normalized spacial score (nSPS) is 14.6. The molecule has 0 N–H and O–H groups in total. The minimum atomic E-state index is -0.0886. The third-order valence-corrected chi connectivity index (χ3v) is 3.88. The summed E-state index contributed by atoms with van der Waals surface area (Å²) in [5.74, 6) is 1.48. The van der Waals surface area contributed by atoms with Crippen LogP contribution in [0.2, 0.25) is 0 Å². The van der Waals surface area contributed by atoms with E-state index in [0.29, 0.717) is 43.4 Å². The Labute approximate surface area is 141 Å². The predicted molar refractivity (Wildman–Crippen MR) is 89.3 cm³/mol.